The lowest BCUT2D eigenvalue weighted by atomic mass is 9.95. The quantitative estimate of drug-likeness (QED) is 0.893. The smallest absolute Gasteiger partial charge is 0.234 e. The van der Waals surface area contributed by atoms with Gasteiger partial charge < -0.3 is 10.2 Å². The molecule has 0 bridgehead atoms. The summed E-state index contributed by atoms with van der Waals surface area (Å²) >= 11 is 0. The van der Waals surface area contributed by atoms with Crippen molar-refractivity contribution < 1.29 is 14.0 Å². The van der Waals surface area contributed by atoms with Crippen LogP contribution in [0.5, 0.6) is 0 Å². The van der Waals surface area contributed by atoms with E-state index in [9.17, 15) is 14.0 Å². The molecule has 6 heteroatoms. The van der Waals surface area contributed by atoms with Gasteiger partial charge in [0, 0.05) is 20.0 Å². The zero-order valence-electron chi connectivity index (χ0n) is 14.6. The molecule has 1 aromatic carbocycles. The first-order valence-electron chi connectivity index (χ1n) is 8.35. The molecule has 0 aromatic heterocycles. The molecule has 1 heterocycles. The summed E-state index contributed by atoms with van der Waals surface area (Å²) in [6, 6.07) is 5.98. The molecule has 0 radical (unpaired) electrons. The standard InChI is InChI=1S/C18H26FN3O2/c1-13(14-4-6-16(19)7-5-14)20-17(23)12-22-10-8-15(9-11-22)18(24)21(2)3/h4-7,13,15H,8-12H2,1-3H3,(H,20,23). The molecule has 2 amide bonds. The van der Waals surface area contributed by atoms with Gasteiger partial charge >= 0.3 is 0 Å². The van der Waals surface area contributed by atoms with Crippen LogP contribution in [0, 0.1) is 11.7 Å². The van der Waals surface area contributed by atoms with Crippen LogP contribution in [0.1, 0.15) is 31.4 Å². The maximum absolute atomic E-state index is 12.9. The highest BCUT2D eigenvalue weighted by molar-refractivity contribution is 5.79. The van der Waals surface area contributed by atoms with Gasteiger partial charge in [0.25, 0.3) is 0 Å². The number of piperidine rings is 1. The summed E-state index contributed by atoms with van der Waals surface area (Å²) in [5.41, 5.74) is 0.875. The molecular weight excluding hydrogens is 309 g/mol. The Morgan fingerprint density at radius 3 is 2.38 bits per heavy atom. The maximum Gasteiger partial charge on any atom is 0.234 e. The van der Waals surface area contributed by atoms with Gasteiger partial charge in [-0.25, -0.2) is 4.39 Å². The van der Waals surface area contributed by atoms with Crippen LogP contribution < -0.4 is 5.32 Å². The second-order valence-corrected chi connectivity index (χ2v) is 6.62. The van der Waals surface area contributed by atoms with Gasteiger partial charge in [-0.3, -0.25) is 14.5 Å². The molecule has 1 aliphatic heterocycles. The second kappa shape index (κ2) is 8.24. The first-order valence-corrected chi connectivity index (χ1v) is 8.35. The van der Waals surface area contributed by atoms with Crippen molar-refractivity contribution in [2.75, 3.05) is 33.7 Å². The lowest BCUT2D eigenvalue weighted by molar-refractivity contribution is -0.134. The maximum atomic E-state index is 12.9. The van der Waals surface area contributed by atoms with Crippen LogP contribution in [0.3, 0.4) is 0 Å². The van der Waals surface area contributed by atoms with Crippen LogP contribution >= 0.6 is 0 Å². The molecule has 0 aliphatic carbocycles. The SMILES string of the molecule is CC(NC(=O)CN1CCC(C(=O)N(C)C)CC1)c1ccc(F)cc1. The fourth-order valence-corrected chi connectivity index (χ4v) is 3.03. The summed E-state index contributed by atoms with van der Waals surface area (Å²) in [5.74, 6) is -0.0990. The topological polar surface area (TPSA) is 52.7 Å². The number of amides is 2. The summed E-state index contributed by atoms with van der Waals surface area (Å²) in [7, 11) is 3.55. The van der Waals surface area contributed by atoms with Crippen LogP contribution in [0.25, 0.3) is 0 Å². The van der Waals surface area contributed by atoms with E-state index in [0.29, 0.717) is 6.54 Å². The van der Waals surface area contributed by atoms with E-state index in [2.05, 4.69) is 10.2 Å². The van der Waals surface area contributed by atoms with E-state index in [1.165, 1.54) is 12.1 Å². The van der Waals surface area contributed by atoms with Crippen molar-refractivity contribution in [3.05, 3.63) is 35.6 Å². The number of carbonyl (C=O) groups is 2. The van der Waals surface area contributed by atoms with Crippen LogP contribution in [-0.2, 0) is 9.59 Å². The van der Waals surface area contributed by atoms with Gasteiger partial charge in [0.1, 0.15) is 5.82 Å². The Balaban J connectivity index is 1.77. The molecule has 5 nitrogen and oxygen atoms in total. The molecule has 0 spiro atoms. The molecule has 24 heavy (non-hydrogen) atoms. The van der Waals surface area contributed by atoms with Crippen molar-refractivity contribution >= 4 is 11.8 Å². The number of hydrogen-bond donors (Lipinski definition) is 1. The van der Waals surface area contributed by atoms with Gasteiger partial charge in [-0.15, -0.1) is 0 Å². The lowest BCUT2D eigenvalue weighted by Crippen LogP contribution is -2.44. The molecule has 2 rings (SSSR count). The molecule has 0 saturated carbocycles. The van der Waals surface area contributed by atoms with E-state index in [4.69, 9.17) is 0 Å². The molecule has 1 aromatic rings. The highest BCUT2D eigenvalue weighted by Gasteiger charge is 2.26. The molecule has 1 saturated heterocycles. The first kappa shape index (κ1) is 18.4. The number of carbonyl (C=O) groups excluding carboxylic acids is 2. The molecule has 1 N–H and O–H groups in total. The Kier molecular flexibility index (Phi) is 6.31. The third-order valence-corrected chi connectivity index (χ3v) is 4.49. The predicted octanol–water partition coefficient (Wildman–Crippen LogP) is 1.80. The third kappa shape index (κ3) is 5.03. The van der Waals surface area contributed by atoms with Gasteiger partial charge in [-0.1, -0.05) is 12.1 Å². The van der Waals surface area contributed by atoms with Crippen LogP contribution in [0.4, 0.5) is 4.39 Å². The highest BCUT2D eigenvalue weighted by atomic mass is 19.1. The molecular formula is C18H26FN3O2. The Morgan fingerprint density at radius 1 is 1.25 bits per heavy atom. The fourth-order valence-electron chi connectivity index (χ4n) is 3.03. The third-order valence-electron chi connectivity index (χ3n) is 4.49. The second-order valence-electron chi connectivity index (χ2n) is 6.62. The Bertz CT molecular complexity index is 566. The van der Waals surface area contributed by atoms with Gasteiger partial charge in [0.05, 0.1) is 12.6 Å². The number of hydrogen-bond acceptors (Lipinski definition) is 3. The minimum atomic E-state index is -0.285. The normalized spacial score (nSPS) is 17.3. The summed E-state index contributed by atoms with van der Waals surface area (Å²) in [6.07, 6.45) is 1.58. The van der Waals surface area contributed by atoms with Crippen molar-refractivity contribution in [3.63, 3.8) is 0 Å². The number of likely N-dealkylation sites (tertiary alicyclic amines) is 1. The molecule has 132 valence electrons. The predicted molar refractivity (Wildman–Crippen MR) is 90.8 cm³/mol. The Hall–Kier alpha value is -1.95. The first-order chi connectivity index (χ1) is 11.4. The summed E-state index contributed by atoms with van der Waals surface area (Å²) < 4.78 is 12.9. The van der Waals surface area contributed by atoms with Gasteiger partial charge in [-0.05, 0) is 50.6 Å². The van der Waals surface area contributed by atoms with Crippen molar-refractivity contribution in [2.45, 2.75) is 25.8 Å². The monoisotopic (exact) mass is 335 g/mol. The van der Waals surface area contributed by atoms with Crippen molar-refractivity contribution in [3.8, 4) is 0 Å². The average Bonchev–Trinajstić information content (AvgIpc) is 2.55. The zero-order valence-corrected chi connectivity index (χ0v) is 14.6. The van der Waals surface area contributed by atoms with Crippen LogP contribution in [0.2, 0.25) is 0 Å². The van der Waals surface area contributed by atoms with Crippen LogP contribution in [-0.4, -0.2) is 55.3 Å². The van der Waals surface area contributed by atoms with Crippen molar-refractivity contribution in [1.29, 1.82) is 0 Å². The largest absolute Gasteiger partial charge is 0.349 e. The van der Waals surface area contributed by atoms with E-state index >= 15 is 0 Å². The minimum Gasteiger partial charge on any atom is -0.349 e. The number of halogens is 1. The molecule has 1 fully saturated rings. The van der Waals surface area contributed by atoms with E-state index < -0.39 is 0 Å². The number of nitrogens with one attached hydrogen (secondary N) is 1. The Labute approximate surface area is 142 Å². The summed E-state index contributed by atoms with van der Waals surface area (Å²) in [5, 5.41) is 2.94. The summed E-state index contributed by atoms with van der Waals surface area (Å²) in [6.45, 7) is 3.72. The molecule has 1 atom stereocenters. The van der Waals surface area contributed by atoms with E-state index in [1.54, 1.807) is 31.1 Å². The van der Waals surface area contributed by atoms with E-state index in [1.807, 2.05) is 6.92 Å². The molecule has 1 aliphatic rings. The average molecular weight is 335 g/mol. The molecule has 1 unspecified atom stereocenters. The van der Waals surface area contributed by atoms with E-state index in [-0.39, 0.29) is 29.6 Å². The summed E-state index contributed by atoms with van der Waals surface area (Å²) in [4.78, 5) is 27.8. The Morgan fingerprint density at radius 2 is 1.83 bits per heavy atom. The van der Waals surface area contributed by atoms with Crippen LogP contribution in [0.15, 0.2) is 24.3 Å². The zero-order chi connectivity index (χ0) is 17.7. The van der Waals surface area contributed by atoms with Crippen molar-refractivity contribution in [2.24, 2.45) is 5.92 Å². The van der Waals surface area contributed by atoms with E-state index in [0.717, 1.165) is 31.5 Å². The lowest BCUT2D eigenvalue weighted by Gasteiger charge is -2.32. The van der Waals surface area contributed by atoms with Gasteiger partial charge in [-0.2, -0.15) is 0 Å². The highest BCUT2D eigenvalue weighted by Crippen LogP contribution is 2.19. The number of benzene rings is 1. The number of rotatable bonds is 5. The minimum absolute atomic E-state index is 0.0517. The number of nitrogens with zero attached hydrogens (tertiary/aromatic N) is 2. The van der Waals surface area contributed by atoms with Crippen molar-refractivity contribution in [1.82, 2.24) is 15.1 Å². The van der Waals surface area contributed by atoms with Gasteiger partial charge in [0.15, 0.2) is 0 Å². The van der Waals surface area contributed by atoms with Gasteiger partial charge in [0.2, 0.25) is 11.8 Å². The fraction of sp³-hybridized carbons (Fsp3) is 0.556.